The van der Waals surface area contributed by atoms with Gasteiger partial charge in [0.15, 0.2) is 0 Å². The van der Waals surface area contributed by atoms with Gasteiger partial charge in [0.05, 0.1) is 30.5 Å². The summed E-state index contributed by atoms with van der Waals surface area (Å²) in [5, 5.41) is 10.3. The normalized spacial score (nSPS) is 22.0. The average molecular weight is 289 g/mol. The maximum Gasteiger partial charge on any atom is 0.231 e. The Hall–Kier alpha value is -1.11. The van der Waals surface area contributed by atoms with Crippen LogP contribution in [0.25, 0.3) is 0 Å². The molecule has 1 aliphatic heterocycles. The Morgan fingerprint density at radius 2 is 2.47 bits per heavy atom. The number of halogens is 1. The van der Waals surface area contributed by atoms with Crippen LogP contribution < -0.4 is 10.6 Å². The van der Waals surface area contributed by atoms with E-state index >= 15 is 0 Å². The number of hydrogen-bond acceptors (Lipinski definition) is 4. The molecule has 0 aliphatic carbocycles. The number of ether oxygens (including phenoxy) is 1. The van der Waals surface area contributed by atoms with Gasteiger partial charge in [-0.25, -0.2) is 0 Å². The topological polar surface area (TPSA) is 68.2 Å². The maximum atomic E-state index is 12.1. The van der Waals surface area contributed by atoms with Crippen LogP contribution in [0.4, 0.5) is 5.69 Å². The lowest BCUT2D eigenvalue weighted by Gasteiger charge is -2.20. The van der Waals surface area contributed by atoms with Crippen LogP contribution in [0.3, 0.4) is 0 Å². The third-order valence-electron chi connectivity index (χ3n) is 3.33. The van der Waals surface area contributed by atoms with E-state index in [-0.39, 0.29) is 23.7 Å². The van der Waals surface area contributed by atoms with Gasteiger partial charge in [-0.3, -0.25) is 9.48 Å². The first kappa shape index (κ1) is 15.9. The molecule has 19 heavy (non-hydrogen) atoms. The molecule has 6 nitrogen and oxygen atoms in total. The van der Waals surface area contributed by atoms with E-state index < -0.39 is 0 Å². The lowest BCUT2D eigenvalue weighted by Crippen LogP contribution is -2.35. The largest absolute Gasteiger partial charge is 0.383 e. The van der Waals surface area contributed by atoms with Gasteiger partial charge in [-0.2, -0.15) is 5.10 Å². The molecule has 1 aromatic rings. The molecule has 1 aromatic heterocycles. The van der Waals surface area contributed by atoms with Gasteiger partial charge < -0.3 is 15.4 Å². The minimum Gasteiger partial charge on any atom is -0.383 e. The Balaban J connectivity index is 0.00000180. The number of hydrogen-bond donors (Lipinski definition) is 2. The van der Waals surface area contributed by atoms with E-state index in [1.54, 1.807) is 18.0 Å². The summed E-state index contributed by atoms with van der Waals surface area (Å²) in [5.41, 5.74) is 0.429. The van der Waals surface area contributed by atoms with E-state index in [9.17, 15) is 4.79 Å². The smallest absolute Gasteiger partial charge is 0.231 e. The zero-order valence-electron chi connectivity index (χ0n) is 11.3. The molecule has 1 unspecified atom stereocenters. The van der Waals surface area contributed by atoms with Crippen molar-refractivity contribution in [1.29, 1.82) is 0 Å². The molecular formula is C12H21ClN4O2. The van der Waals surface area contributed by atoms with Gasteiger partial charge in [0.25, 0.3) is 0 Å². The van der Waals surface area contributed by atoms with E-state index in [1.807, 2.05) is 13.1 Å². The number of carbonyl (C=O) groups excluding carboxylic acids is 1. The number of nitrogens with one attached hydrogen (secondary N) is 2. The molecular weight excluding hydrogens is 268 g/mol. The molecule has 2 rings (SSSR count). The highest BCUT2D eigenvalue weighted by Gasteiger charge is 2.36. The predicted molar refractivity (Wildman–Crippen MR) is 75.6 cm³/mol. The van der Waals surface area contributed by atoms with Crippen molar-refractivity contribution < 1.29 is 9.53 Å². The molecule has 0 aromatic carbocycles. The molecule has 1 amide bonds. The van der Waals surface area contributed by atoms with Gasteiger partial charge in [0.1, 0.15) is 0 Å². The highest BCUT2D eigenvalue weighted by Crippen LogP contribution is 2.26. The van der Waals surface area contributed by atoms with Crippen molar-refractivity contribution in [3.8, 4) is 0 Å². The zero-order chi connectivity index (χ0) is 13.0. The molecule has 1 aliphatic rings. The number of amides is 1. The van der Waals surface area contributed by atoms with E-state index in [1.165, 1.54) is 0 Å². The van der Waals surface area contributed by atoms with Gasteiger partial charge >= 0.3 is 0 Å². The van der Waals surface area contributed by atoms with E-state index in [2.05, 4.69) is 15.7 Å². The van der Waals surface area contributed by atoms with Crippen molar-refractivity contribution >= 4 is 24.0 Å². The number of methoxy groups -OCH3 is 1. The molecule has 0 bridgehead atoms. The second-order valence-electron chi connectivity index (χ2n) is 4.93. The van der Waals surface area contributed by atoms with Crippen molar-refractivity contribution in [3.63, 3.8) is 0 Å². The summed E-state index contributed by atoms with van der Waals surface area (Å²) in [6.07, 6.45) is 4.36. The lowest BCUT2D eigenvalue weighted by atomic mass is 9.89. The second kappa shape index (κ2) is 6.88. The van der Waals surface area contributed by atoms with Crippen LogP contribution in [0, 0.1) is 5.41 Å². The standard InChI is InChI=1S/C12H20N4O2.ClH/c1-12(3-4-13-9-12)11(17)15-10-7-14-16(8-10)5-6-18-2;/h7-8,13H,3-6,9H2,1-2H3,(H,15,17);1H. The quantitative estimate of drug-likeness (QED) is 0.844. The van der Waals surface area contributed by atoms with Crippen molar-refractivity contribution in [2.75, 3.05) is 32.1 Å². The molecule has 0 radical (unpaired) electrons. The minimum atomic E-state index is -0.311. The number of aromatic nitrogens is 2. The third kappa shape index (κ3) is 3.92. The summed E-state index contributed by atoms with van der Waals surface area (Å²) in [6, 6.07) is 0. The summed E-state index contributed by atoms with van der Waals surface area (Å²) >= 11 is 0. The molecule has 108 valence electrons. The van der Waals surface area contributed by atoms with Crippen molar-refractivity contribution in [2.45, 2.75) is 19.9 Å². The summed E-state index contributed by atoms with van der Waals surface area (Å²) < 4.78 is 6.74. The summed E-state index contributed by atoms with van der Waals surface area (Å²) in [4.78, 5) is 12.1. The Bertz CT molecular complexity index is 416. The van der Waals surface area contributed by atoms with Crippen LogP contribution in [0.5, 0.6) is 0 Å². The summed E-state index contributed by atoms with van der Waals surface area (Å²) in [6.45, 7) is 4.91. The molecule has 2 N–H and O–H groups in total. The average Bonchev–Trinajstić information content (AvgIpc) is 2.97. The fraction of sp³-hybridized carbons (Fsp3) is 0.667. The van der Waals surface area contributed by atoms with Crippen LogP contribution in [-0.2, 0) is 16.1 Å². The fourth-order valence-corrected chi connectivity index (χ4v) is 2.03. The fourth-order valence-electron chi connectivity index (χ4n) is 2.03. The molecule has 0 spiro atoms. The first-order valence-electron chi connectivity index (χ1n) is 6.18. The summed E-state index contributed by atoms with van der Waals surface area (Å²) in [7, 11) is 1.65. The molecule has 1 atom stereocenters. The first-order chi connectivity index (χ1) is 8.64. The van der Waals surface area contributed by atoms with Crippen LogP contribution in [0.2, 0.25) is 0 Å². The predicted octanol–water partition coefficient (Wildman–Crippen LogP) is 0.889. The SMILES string of the molecule is COCCn1cc(NC(=O)C2(C)CCNC2)cn1.Cl. The Morgan fingerprint density at radius 1 is 1.68 bits per heavy atom. The van der Waals surface area contributed by atoms with Crippen LogP contribution >= 0.6 is 12.4 Å². The van der Waals surface area contributed by atoms with Crippen LogP contribution in [0.1, 0.15) is 13.3 Å². The molecule has 2 heterocycles. The monoisotopic (exact) mass is 288 g/mol. The van der Waals surface area contributed by atoms with Crippen molar-refractivity contribution in [1.82, 2.24) is 15.1 Å². The maximum absolute atomic E-state index is 12.1. The molecule has 1 saturated heterocycles. The molecule has 1 fully saturated rings. The van der Waals surface area contributed by atoms with E-state index in [0.717, 1.165) is 25.2 Å². The minimum absolute atomic E-state index is 0. The van der Waals surface area contributed by atoms with Gasteiger partial charge in [0.2, 0.25) is 5.91 Å². The van der Waals surface area contributed by atoms with Crippen molar-refractivity contribution in [2.24, 2.45) is 5.41 Å². The Kier molecular flexibility index (Phi) is 5.78. The summed E-state index contributed by atoms with van der Waals surface area (Å²) in [5.74, 6) is 0.0544. The third-order valence-corrected chi connectivity index (χ3v) is 3.33. The molecule has 7 heteroatoms. The van der Waals surface area contributed by atoms with Gasteiger partial charge in [-0.15, -0.1) is 12.4 Å². The highest BCUT2D eigenvalue weighted by atomic mass is 35.5. The van der Waals surface area contributed by atoms with Gasteiger partial charge in [-0.05, 0) is 19.9 Å². The second-order valence-corrected chi connectivity index (χ2v) is 4.93. The Morgan fingerprint density at radius 3 is 3.11 bits per heavy atom. The Labute approximate surface area is 119 Å². The van der Waals surface area contributed by atoms with Gasteiger partial charge in [-0.1, -0.05) is 0 Å². The highest BCUT2D eigenvalue weighted by molar-refractivity contribution is 5.95. The number of nitrogens with zero attached hydrogens (tertiary/aromatic N) is 2. The number of rotatable bonds is 5. The first-order valence-corrected chi connectivity index (χ1v) is 6.18. The van der Waals surface area contributed by atoms with Gasteiger partial charge in [0, 0.05) is 19.9 Å². The lowest BCUT2D eigenvalue weighted by molar-refractivity contribution is -0.123. The molecule has 0 saturated carbocycles. The van der Waals surface area contributed by atoms with Crippen LogP contribution in [0.15, 0.2) is 12.4 Å². The number of carbonyl (C=O) groups is 1. The van der Waals surface area contributed by atoms with E-state index in [0.29, 0.717) is 13.2 Å². The number of anilines is 1. The van der Waals surface area contributed by atoms with Crippen LogP contribution in [-0.4, -0.2) is 42.5 Å². The van der Waals surface area contributed by atoms with E-state index in [4.69, 9.17) is 4.74 Å². The zero-order valence-corrected chi connectivity index (χ0v) is 12.1. The van der Waals surface area contributed by atoms with Crippen molar-refractivity contribution in [3.05, 3.63) is 12.4 Å².